The number of rotatable bonds is 7. The molecule has 1 saturated heterocycles. The number of hydrogen-bond acceptors (Lipinski definition) is 7. The van der Waals surface area contributed by atoms with Gasteiger partial charge < -0.3 is 10.1 Å². The highest BCUT2D eigenvalue weighted by Crippen LogP contribution is 2.32. The molecule has 2 aromatic rings. The topological polar surface area (TPSA) is 71.5 Å². The molecule has 0 saturated carbocycles. The number of anilines is 1. The summed E-state index contributed by atoms with van der Waals surface area (Å²) in [4.78, 5) is 30.6. The Kier molecular flexibility index (Phi) is 6.59. The van der Waals surface area contributed by atoms with Crippen molar-refractivity contribution < 1.29 is 14.3 Å². The van der Waals surface area contributed by atoms with Gasteiger partial charge in [-0.15, -0.1) is 11.3 Å². The molecule has 1 aromatic carbocycles. The van der Waals surface area contributed by atoms with Crippen LogP contribution < -0.4 is 10.1 Å². The average Bonchev–Trinajstić information content (AvgIpc) is 3.24. The largest absolute Gasteiger partial charge is 0.494 e. The number of benzene rings is 1. The van der Waals surface area contributed by atoms with Crippen LogP contribution in [0.15, 0.2) is 40.7 Å². The van der Waals surface area contributed by atoms with Crippen molar-refractivity contribution in [2.75, 3.05) is 18.5 Å². The number of nitrogens with one attached hydrogen (secondary N) is 1. The third kappa shape index (κ3) is 5.15. The Labute approximate surface area is 170 Å². The molecule has 0 radical (unpaired) electrons. The van der Waals surface area contributed by atoms with Crippen molar-refractivity contribution in [1.29, 1.82) is 0 Å². The first-order valence-electron chi connectivity index (χ1n) is 8.24. The highest BCUT2D eigenvalue weighted by atomic mass is 32.2. The quantitative estimate of drug-likeness (QED) is 0.544. The van der Waals surface area contributed by atoms with E-state index in [-0.39, 0.29) is 24.8 Å². The molecular formula is C18H17N3O3S3. The number of thiazole rings is 1. The Morgan fingerprint density at radius 2 is 2.15 bits per heavy atom. The highest BCUT2D eigenvalue weighted by molar-refractivity contribution is 8.26. The number of thioether (sulfide) groups is 1. The molecule has 1 N–H and O–H groups in total. The first-order valence-corrected chi connectivity index (χ1v) is 10.3. The molecule has 0 atom stereocenters. The van der Waals surface area contributed by atoms with Gasteiger partial charge in [-0.2, -0.15) is 0 Å². The van der Waals surface area contributed by atoms with E-state index in [9.17, 15) is 9.59 Å². The Morgan fingerprint density at radius 1 is 1.37 bits per heavy atom. The van der Waals surface area contributed by atoms with Crippen LogP contribution in [0, 0.1) is 0 Å². The fraction of sp³-hybridized carbons (Fsp3) is 0.222. The zero-order valence-corrected chi connectivity index (χ0v) is 17.0. The van der Waals surface area contributed by atoms with Gasteiger partial charge in [-0.05, 0) is 30.7 Å². The van der Waals surface area contributed by atoms with Crippen molar-refractivity contribution in [3.63, 3.8) is 0 Å². The Hall–Kier alpha value is -2.23. The van der Waals surface area contributed by atoms with Crippen molar-refractivity contribution in [2.45, 2.75) is 13.3 Å². The molecule has 140 valence electrons. The lowest BCUT2D eigenvalue weighted by atomic mass is 10.2. The van der Waals surface area contributed by atoms with Gasteiger partial charge in [0, 0.05) is 24.5 Å². The van der Waals surface area contributed by atoms with Gasteiger partial charge >= 0.3 is 0 Å². The number of amides is 2. The van der Waals surface area contributed by atoms with Crippen molar-refractivity contribution in [3.05, 3.63) is 46.3 Å². The number of thiocarbonyl (C=S) groups is 1. The lowest BCUT2D eigenvalue weighted by molar-refractivity contribution is -0.122. The first-order chi connectivity index (χ1) is 13.1. The molecule has 1 fully saturated rings. The Morgan fingerprint density at radius 3 is 2.81 bits per heavy atom. The fourth-order valence-electron chi connectivity index (χ4n) is 2.35. The second kappa shape index (κ2) is 9.12. The molecule has 1 aliphatic rings. The van der Waals surface area contributed by atoms with E-state index >= 15 is 0 Å². The van der Waals surface area contributed by atoms with Crippen molar-refractivity contribution >= 4 is 62.7 Å². The summed E-state index contributed by atoms with van der Waals surface area (Å²) in [7, 11) is 0. The van der Waals surface area contributed by atoms with E-state index in [1.165, 1.54) is 28.0 Å². The zero-order chi connectivity index (χ0) is 19.2. The van der Waals surface area contributed by atoms with Gasteiger partial charge in [-0.25, -0.2) is 4.98 Å². The smallest absolute Gasteiger partial charge is 0.266 e. The van der Waals surface area contributed by atoms with E-state index in [1.54, 1.807) is 17.7 Å². The predicted octanol–water partition coefficient (Wildman–Crippen LogP) is 3.77. The molecule has 0 unspecified atom stereocenters. The third-order valence-corrected chi connectivity index (χ3v) is 5.67. The van der Waals surface area contributed by atoms with Crippen LogP contribution in [-0.2, 0) is 9.59 Å². The van der Waals surface area contributed by atoms with Crippen LogP contribution in [0.5, 0.6) is 5.75 Å². The predicted molar refractivity (Wildman–Crippen MR) is 113 cm³/mol. The minimum atomic E-state index is -0.200. The van der Waals surface area contributed by atoms with E-state index < -0.39 is 0 Å². The normalized spacial score (nSPS) is 15.4. The summed E-state index contributed by atoms with van der Waals surface area (Å²) in [6, 6.07) is 7.50. The standard InChI is InChI=1S/C18H17N3O3S3/c1-2-24-13-5-3-12(4-6-13)11-14-16(23)21(18(25)27-14)9-7-15(22)20-17-19-8-10-26-17/h3-6,8,10-11H,2,7,9H2,1H3,(H,19,20,22)/b14-11+. The lowest BCUT2D eigenvalue weighted by Gasteiger charge is -2.13. The van der Waals surface area contributed by atoms with Gasteiger partial charge in [-0.1, -0.05) is 36.1 Å². The van der Waals surface area contributed by atoms with Crippen LogP contribution in [0.3, 0.4) is 0 Å². The molecule has 9 heteroatoms. The van der Waals surface area contributed by atoms with E-state index in [1.807, 2.05) is 31.2 Å². The maximum absolute atomic E-state index is 12.6. The summed E-state index contributed by atoms with van der Waals surface area (Å²) < 4.78 is 5.87. The second-order valence-electron chi connectivity index (χ2n) is 5.47. The maximum atomic E-state index is 12.6. The first kappa shape index (κ1) is 19.5. The van der Waals surface area contributed by atoms with Crippen LogP contribution >= 0.6 is 35.3 Å². The highest BCUT2D eigenvalue weighted by Gasteiger charge is 2.32. The van der Waals surface area contributed by atoms with Gasteiger partial charge in [-0.3, -0.25) is 14.5 Å². The Balaban J connectivity index is 1.59. The second-order valence-corrected chi connectivity index (χ2v) is 8.04. The van der Waals surface area contributed by atoms with Gasteiger partial charge in [0.15, 0.2) is 5.13 Å². The molecule has 3 rings (SSSR count). The zero-order valence-electron chi connectivity index (χ0n) is 14.5. The monoisotopic (exact) mass is 419 g/mol. The van der Waals surface area contributed by atoms with Gasteiger partial charge in [0.1, 0.15) is 10.1 Å². The maximum Gasteiger partial charge on any atom is 0.266 e. The molecule has 6 nitrogen and oxygen atoms in total. The van der Waals surface area contributed by atoms with Crippen LogP contribution in [0.4, 0.5) is 5.13 Å². The summed E-state index contributed by atoms with van der Waals surface area (Å²) in [5, 5.41) is 5.02. The number of hydrogen-bond donors (Lipinski definition) is 1. The van der Waals surface area contributed by atoms with Crippen LogP contribution in [0.25, 0.3) is 6.08 Å². The molecule has 2 amide bonds. The van der Waals surface area contributed by atoms with E-state index in [4.69, 9.17) is 17.0 Å². The summed E-state index contributed by atoms with van der Waals surface area (Å²) in [6.45, 7) is 2.77. The van der Waals surface area contributed by atoms with Crippen molar-refractivity contribution in [1.82, 2.24) is 9.88 Å². The molecule has 27 heavy (non-hydrogen) atoms. The Bertz CT molecular complexity index is 864. The van der Waals surface area contributed by atoms with Crippen molar-refractivity contribution in [2.24, 2.45) is 0 Å². The van der Waals surface area contributed by atoms with Gasteiger partial charge in [0.25, 0.3) is 5.91 Å². The summed E-state index contributed by atoms with van der Waals surface area (Å²) in [5.41, 5.74) is 0.889. The average molecular weight is 420 g/mol. The summed E-state index contributed by atoms with van der Waals surface area (Å²) >= 11 is 7.89. The molecule has 0 spiro atoms. The number of nitrogens with zero attached hydrogens (tertiary/aromatic N) is 2. The van der Waals surface area contributed by atoms with Crippen LogP contribution in [-0.4, -0.2) is 39.2 Å². The summed E-state index contributed by atoms with van der Waals surface area (Å²) in [5.74, 6) is 0.406. The number of carbonyl (C=O) groups is 2. The molecule has 2 heterocycles. The fourth-order valence-corrected chi connectivity index (χ4v) is 4.21. The van der Waals surface area contributed by atoms with Crippen LogP contribution in [0.2, 0.25) is 0 Å². The lowest BCUT2D eigenvalue weighted by Crippen LogP contribution is -2.31. The minimum Gasteiger partial charge on any atom is -0.494 e. The summed E-state index contributed by atoms with van der Waals surface area (Å²) in [6.07, 6.45) is 3.57. The number of carbonyl (C=O) groups excluding carboxylic acids is 2. The third-order valence-electron chi connectivity index (χ3n) is 3.60. The van der Waals surface area contributed by atoms with Crippen molar-refractivity contribution in [3.8, 4) is 5.75 Å². The molecular weight excluding hydrogens is 402 g/mol. The van der Waals surface area contributed by atoms with Gasteiger partial charge in [0.2, 0.25) is 5.91 Å². The number of aromatic nitrogens is 1. The van der Waals surface area contributed by atoms with Crippen LogP contribution in [0.1, 0.15) is 18.9 Å². The molecule has 0 bridgehead atoms. The van der Waals surface area contributed by atoms with E-state index in [0.717, 1.165) is 11.3 Å². The molecule has 0 aliphatic carbocycles. The van der Waals surface area contributed by atoms with E-state index in [0.29, 0.717) is 21.0 Å². The molecule has 1 aliphatic heterocycles. The minimum absolute atomic E-state index is 0.155. The van der Waals surface area contributed by atoms with E-state index in [2.05, 4.69) is 10.3 Å². The molecule has 1 aromatic heterocycles. The number of ether oxygens (including phenoxy) is 1. The SMILES string of the molecule is CCOc1ccc(/C=C2/SC(=S)N(CCC(=O)Nc3nccs3)C2=O)cc1. The van der Waals surface area contributed by atoms with Gasteiger partial charge in [0.05, 0.1) is 11.5 Å².